The fraction of sp³-hybridized carbons (Fsp3) is 0.200. The second kappa shape index (κ2) is 3.81. The minimum atomic E-state index is 0.852. The summed E-state index contributed by atoms with van der Waals surface area (Å²) in [7, 11) is 3.53. The predicted octanol–water partition coefficient (Wildman–Crippen LogP) is 2.38. The van der Waals surface area contributed by atoms with Gasteiger partial charge in [-0.25, -0.2) is 0 Å². The molecule has 1 rings (SSSR count). The van der Waals surface area contributed by atoms with E-state index in [0.29, 0.717) is 0 Å². The molecule has 1 aromatic carbocycles. The van der Waals surface area contributed by atoms with Gasteiger partial charge in [-0.1, -0.05) is 12.7 Å². The van der Waals surface area contributed by atoms with Gasteiger partial charge >= 0.3 is 0 Å². The van der Waals surface area contributed by atoms with Crippen LogP contribution in [0, 0.1) is 0 Å². The normalized spacial score (nSPS) is 9.17. The lowest BCUT2D eigenvalue weighted by atomic mass is 10.1. The topological polar surface area (TPSA) is 21.3 Å². The average molecular weight is 163 g/mol. The van der Waals surface area contributed by atoms with Crippen LogP contribution in [0.25, 0.3) is 6.08 Å². The maximum absolute atomic E-state index is 5.08. The quantitative estimate of drug-likeness (QED) is 0.738. The van der Waals surface area contributed by atoms with E-state index < -0.39 is 0 Å². The third-order valence-corrected chi connectivity index (χ3v) is 1.75. The first kappa shape index (κ1) is 8.65. The van der Waals surface area contributed by atoms with Gasteiger partial charge in [0.15, 0.2) is 0 Å². The molecule has 0 fully saturated rings. The summed E-state index contributed by atoms with van der Waals surface area (Å²) in [5.74, 6) is 0.852. The lowest BCUT2D eigenvalue weighted by Crippen LogP contribution is -1.92. The molecule has 1 N–H and O–H groups in total. The number of hydrogen-bond donors (Lipinski definition) is 1. The van der Waals surface area contributed by atoms with E-state index in [1.807, 2.05) is 31.3 Å². The first-order chi connectivity index (χ1) is 5.81. The van der Waals surface area contributed by atoms with Gasteiger partial charge < -0.3 is 10.1 Å². The van der Waals surface area contributed by atoms with Crippen molar-refractivity contribution < 1.29 is 4.74 Å². The van der Waals surface area contributed by atoms with E-state index in [2.05, 4.69) is 11.9 Å². The molecule has 2 nitrogen and oxygen atoms in total. The van der Waals surface area contributed by atoms with Crippen molar-refractivity contribution in [2.45, 2.75) is 0 Å². The summed E-state index contributed by atoms with van der Waals surface area (Å²) in [6.45, 7) is 3.71. The number of rotatable bonds is 3. The van der Waals surface area contributed by atoms with Crippen molar-refractivity contribution in [1.82, 2.24) is 0 Å². The Morgan fingerprint density at radius 1 is 1.50 bits per heavy atom. The standard InChI is InChI=1S/C10H13NO/c1-4-8-5-6-9(12-3)7-10(8)11-2/h4-7,11H,1H2,2-3H3. The van der Waals surface area contributed by atoms with Crippen molar-refractivity contribution in [2.24, 2.45) is 0 Å². The Hall–Kier alpha value is -1.44. The molecule has 12 heavy (non-hydrogen) atoms. The van der Waals surface area contributed by atoms with Gasteiger partial charge in [-0.2, -0.15) is 0 Å². The third kappa shape index (κ3) is 1.59. The molecule has 0 aromatic heterocycles. The lowest BCUT2D eigenvalue weighted by Gasteiger charge is -2.07. The molecule has 0 atom stereocenters. The zero-order chi connectivity index (χ0) is 8.97. The molecule has 0 saturated heterocycles. The molecule has 0 unspecified atom stereocenters. The number of ether oxygens (including phenoxy) is 1. The van der Waals surface area contributed by atoms with Crippen LogP contribution in [0.5, 0.6) is 5.75 Å². The van der Waals surface area contributed by atoms with E-state index in [9.17, 15) is 0 Å². The number of methoxy groups -OCH3 is 1. The monoisotopic (exact) mass is 163 g/mol. The summed E-state index contributed by atoms with van der Waals surface area (Å²) in [5.41, 5.74) is 2.11. The molecule has 0 radical (unpaired) electrons. The van der Waals surface area contributed by atoms with Crippen molar-refractivity contribution in [3.05, 3.63) is 30.3 Å². The fourth-order valence-electron chi connectivity index (χ4n) is 1.06. The minimum Gasteiger partial charge on any atom is -0.497 e. The smallest absolute Gasteiger partial charge is 0.120 e. The first-order valence-electron chi connectivity index (χ1n) is 3.80. The molecule has 0 saturated carbocycles. The highest BCUT2D eigenvalue weighted by molar-refractivity contribution is 5.67. The Morgan fingerprint density at radius 2 is 2.25 bits per heavy atom. The number of nitrogens with one attached hydrogen (secondary N) is 1. The molecule has 0 amide bonds. The van der Waals surface area contributed by atoms with Crippen LogP contribution in [-0.4, -0.2) is 14.2 Å². The van der Waals surface area contributed by atoms with Crippen LogP contribution < -0.4 is 10.1 Å². The Bertz CT molecular complexity index is 281. The summed E-state index contributed by atoms with van der Waals surface area (Å²) in [6, 6.07) is 5.83. The molecular formula is C10H13NO. The molecule has 0 aliphatic carbocycles. The van der Waals surface area contributed by atoms with Gasteiger partial charge in [-0.3, -0.25) is 0 Å². The van der Waals surface area contributed by atoms with E-state index in [-0.39, 0.29) is 0 Å². The lowest BCUT2D eigenvalue weighted by molar-refractivity contribution is 0.415. The summed E-state index contributed by atoms with van der Waals surface area (Å²) in [5, 5.41) is 3.07. The van der Waals surface area contributed by atoms with Crippen LogP contribution in [-0.2, 0) is 0 Å². The second-order valence-electron chi connectivity index (χ2n) is 2.41. The van der Waals surface area contributed by atoms with Gasteiger partial charge in [0.1, 0.15) is 5.75 Å². The predicted molar refractivity (Wildman–Crippen MR) is 52.6 cm³/mol. The second-order valence-corrected chi connectivity index (χ2v) is 2.41. The Balaban J connectivity index is 3.10. The summed E-state index contributed by atoms with van der Waals surface area (Å²) in [4.78, 5) is 0. The SMILES string of the molecule is C=Cc1ccc(OC)cc1NC. The molecule has 2 heteroatoms. The van der Waals surface area contributed by atoms with Gasteiger partial charge in [-0.05, 0) is 17.7 Å². The fourth-order valence-corrected chi connectivity index (χ4v) is 1.06. The van der Waals surface area contributed by atoms with Crippen LogP contribution in [0.4, 0.5) is 5.69 Å². The average Bonchev–Trinajstić information content (AvgIpc) is 2.16. The van der Waals surface area contributed by atoms with Crippen LogP contribution >= 0.6 is 0 Å². The first-order valence-corrected chi connectivity index (χ1v) is 3.80. The van der Waals surface area contributed by atoms with Crippen molar-refractivity contribution >= 4 is 11.8 Å². The number of hydrogen-bond acceptors (Lipinski definition) is 2. The Labute approximate surface area is 72.9 Å². The van der Waals surface area contributed by atoms with Gasteiger partial charge in [0.25, 0.3) is 0 Å². The number of anilines is 1. The Kier molecular flexibility index (Phi) is 2.75. The number of benzene rings is 1. The molecule has 1 aromatic rings. The highest BCUT2D eigenvalue weighted by atomic mass is 16.5. The van der Waals surface area contributed by atoms with Crippen LogP contribution in [0.3, 0.4) is 0 Å². The summed E-state index contributed by atoms with van der Waals surface area (Å²) >= 11 is 0. The van der Waals surface area contributed by atoms with E-state index in [1.54, 1.807) is 7.11 Å². The zero-order valence-corrected chi connectivity index (χ0v) is 7.42. The maximum Gasteiger partial charge on any atom is 0.120 e. The van der Waals surface area contributed by atoms with E-state index in [1.165, 1.54) is 0 Å². The van der Waals surface area contributed by atoms with E-state index in [0.717, 1.165) is 17.0 Å². The van der Waals surface area contributed by atoms with Gasteiger partial charge in [0, 0.05) is 18.8 Å². The van der Waals surface area contributed by atoms with Gasteiger partial charge in [-0.15, -0.1) is 0 Å². The van der Waals surface area contributed by atoms with E-state index in [4.69, 9.17) is 4.74 Å². The zero-order valence-electron chi connectivity index (χ0n) is 7.42. The van der Waals surface area contributed by atoms with Crippen LogP contribution in [0.15, 0.2) is 24.8 Å². The highest BCUT2D eigenvalue weighted by Crippen LogP contribution is 2.22. The highest BCUT2D eigenvalue weighted by Gasteiger charge is 1.98. The summed E-state index contributed by atoms with van der Waals surface area (Å²) in [6.07, 6.45) is 1.81. The molecule has 0 bridgehead atoms. The summed E-state index contributed by atoms with van der Waals surface area (Å²) < 4.78 is 5.08. The molecule has 0 heterocycles. The van der Waals surface area contributed by atoms with Gasteiger partial charge in [0.05, 0.1) is 7.11 Å². The van der Waals surface area contributed by atoms with Crippen molar-refractivity contribution in [3.8, 4) is 5.75 Å². The van der Waals surface area contributed by atoms with Crippen LogP contribution in [0.1, 0.15) is 5.56 Å². The maximum atomic E-state index is 5.08. The minimum absolute atomic E-state index is 0.852. The van der Waals surface area contributed by atoms with Crippen molar-refractivity contribution in [3.63, 3.8) is 0 Å². The van der Waals surface area contributed by atoms with Gasteiger partial charge in [0.2, 0.25) is 0 Å². The Morgan fingerprint density at radius 3 is 2.75 bits per heavy atom. The van der Waals surface area contributed by atoms with Crippen LogP contribution in [0.2, 0.25) is 0 Å². The molecule has 0 aliphatic rings. The molecule has 0 aliphatic heterocycles. The molecule has 0 spiro atoms. The third-order valence-electron chi connectivity index (χ3n) is 1.75. The van der Waals surface area contributed by atoms with E-state index >= 15 is 0 Å². The largest absolute Gasteiger partial charge is 0.497 e. The molecular weight excluding hydrogens is 150 g/mol. The van der Waals surface area contributed by atoms with Crippen molar-refractivity contribution in [2.75, 3.05) is 19.5 Å². The molecule has 64 valence electrons. The van der Waals surface area contributed by atoms with Crippen molar-refractivity contribution in [1.29, 1.82) is 0 Å².